The lowest BCUT2D eigenvalue weighted by atomic mass is 10.2. The molecule has 0 spiro atoms. The quantitative estimate of drug-likeness (QED) is 0.825. The van der Waals surface area contributed by atoms with Crippen LogP contribution in [0.3, 0.4) is 0 Å². The van der Waals surface area contributed by atoms with Gasteiger partial charge in [0.1, 0.15) is 17.3 Å². The molecule has 2 aromatic rings. The van der Waals surface area contributed by atoms with Crippen molar-refractivity contribution < 1.29 is 22.3 Å². The average molecular weight is 379 g/mol. The van der Waals surface area contributed by atoms with E-state index in [1.54, 1.807) is 13.0 Å². The van der Waals surface area contributed by atoms with Crippen LogP contribution in [-0.4, -0.2) is 31.6 Å². The molecule has 1 fully saturated rings. The topological polar surface area (TPSA) is 98.2 Å². The molecule has 1 aliphatic rings. The lowest BCUT2D eigenvalue weighted by Crippen LogP contribution is -2.32. The van der Waals surface area contributed by atoms with E-state index in [9.17, 15) is 17.6 Å². The van der Waals surface area contributed by atoms with Gasteiger partial charge in [0, 0.05) is 17.5 Å². The lowest BCUT2D eigenvalue weighted by molar-refractivity contribution is 0.0975. The molecule has 7 nitrogen and oxygen atoms in total. The third-order valence-corrected chi connectivity index (χ3v) is 5.19. The molecule has 0 bridgehead atoms. The van der Waals surface area contributed by atoms with Crippen molar-refractivity contribution in [3.63, 3.8) is 0 Å². The highest BCUT2D eigenvalue weighted by Crippen LogP contribution is 2.42. The molecule has 3 rings (SSSR count). The number of hydrogen-bond acceptors (Lipinski definition) is 6. The van der Waals surface area contributed by atoms with E-state index in [0.29, 0.717) is 17.0 Å². The van der Waals surface area contributed by atoms with Crippen molar-refractivity contribution in [2.75, 3.05) is 7.11 Å². The van der Waals surface area contributed by atoms with E-state index in [4.69, 9.17) is 4.74 Å². The van der Waals surface area contributed by atoms with E-state index >= 15 is 0 Å². The molecule has 1 N–H and O–H groups in total. The molecule has 0 atom stereocenters. The van der Waals surface area contributed by atoms with Gasteiger partial charge in [0.15, 0.2) is 5.69 Å². The number of amides is 1. The summed E-state index contributed by atoms with van der Waals surface area (Å²) >= 11 is 0. The molecule has 0 aliphatic heterocycles. The van der Waals surface area contributed by atoms with Crippen LogP contribution >= 0.6 is 0 Å². The Morgan fingerprint density at radius 1 is 1.31 bits per heavy atom. The number of halogens is 1. The zero-order chi connectivity index (χ0) is 18.9. The molecule has 26 heavy (non-hydrogen) atoms. The van der Waals surface area contributed by atoms with E-state index in [0.717, 1.165) is 12.8 Å². The molecule has 1 aromatic carbocycles. The van der Waals surface area contributed by atoms with Crippen LogP contribution in [0.2, 0.25) is 0 Å². The van der Waals surface area contributed by atoms with Crippen molar-refractivity contribution >= 4 is 15.9 Å². The second-order valence-corrected chi connectivity index (χ2v) is 7.96. The number of sulfonamides is 1. The molecule has 9 heteroatoms. The Morgan fingerprint density at radius 3 is 2.65 bits per heavy atom. The first-order valence-corrected chi connectivity index (χ1v) is 9.66. The molecule has 0 saturated heterocycles. The molecule has 1 amide bonds. The minimum atomic E-state index is -4.10. The molecule has 1 aromatic heterocycles. The molecule has 0 unspecified atom stereocenters. The number of aryl methyl sites for hydroxylation is 1. The summed E-state index contributed by atoms with van der Waals surface area (Å²) < 4.78 is 45.3. The van der Waals surface area contributed by atoms with Gasteiger partial charge >= 0.3 is 0 Å². The van der Waals surface area contributed by atoms with Gasteiger partial charge in [-0.2, -0.15) is 5.10 Å². The second-order valence-electron chi connectivity index (χ2n) is 6.24. The van der Waals surface area contributed by atoms with Gasteiger partial charge in [-0.15, -0.1) is 5.10 Å². The van der Waals surface area contributed by atoms with Crippen LogP contribution in [0.15, 0.2) is 24.3 Å². The predicted molar refractivity (Wildman–Crippen MR) is 91.8 cm³/mol. The Labute approximate surface area is 150 Å². The van der Waals surface area contributed by atoms with Crippen molar-refractivity contribution in [3.8, 4) is 5.75 Å². The van der Waals surface area contributed by atoms with Crippen LogP contribution in [-0.2, 0) is 15.8 Å². The first-order chi connectivity index (χ1) is 12.3. The minimum absolute atomic E-state index is 0.0244. The first-order valence-electron chi connectivity index (χ1n) is 8.00. The van der Waals surface area contributed by atoms with Gasteiger partial charge in [0.25, 0.3) is 5.91 Å². The molecule has 138 valence electrons. The molecule has 1 saturated carbocycles. The van der Waals surface area contributed by atoms with E-state index in [-0.39, 0.29) is 17.2 Å². The number of ether oxygens (including phenoxy) is 1. The van der Waals surface area contributed by atoms with Crippen molar-refractivity contribution in [2.45, 2.75) is 31.4 Å². The Balaban J connectivity index is 1.75. The van der Waals surface area contributed by atoms with Crippen molar-refractivity contribution in [1.29, 1.82) is 0 Å². The number of carbonyl (C=O) groups is 1. The second kappa shape index (κ2) is 6.99. The smallest absolute Gasteiger partial charge is 0.285 e. The predicted octanol–water partition coefficient (Wildman–Crippen LogP) is 2.07. The number of aromatic nitrogens is 2. The largest absolute Gasteiger partial charge is 0.495 e. The number of carbonyl (C=O) groups excluding carboxylic acids is 1. The van der Waals surface area contributed by atoms with Crippen LogP contribution in [0, 0.1) is 12.7 Å². The van der Waals surface area contributed by atoms with Crippen LogP contribution in [0.25, 0.3) is 0 Å². The summed E-state index contributed by atoms with van der Waals surface area (Å²) in [6, 6.07) is 5.57. The van der Waals surface area contributed by atoms with Gasteiger partial charge in [0.2, 0.25) is 10.0 Å². The molecular weight excluding hydrogens is 361 g/mol. The van der Waals surface area contributed by atoms with Gasteiger partial charge in [-0.3, -0.25) is 4.79 Å². The van der Waals surface area contributed by atoms with Crippen LogP contribution in [0.4, 0.5) is 4.39 Å². The van der Waals surface area contributed by atoms with Crippen LogP contribution < -0.4 is 9.46 Å². The fourth-order valence-electron chi connectivity index (χ4n) is 2.50. The Kier molecular flexibility index (Phi) is 4.90. The number of benzene rings is 1. The lowest BCUT2D eigenvalue weighted by Gasteiger charge is -2.10. The fourth-order valence-corrected chi connectivity index (χ4v) is 3.60. The first kappa shape index (κ1) is 18.2. The zero-order valence-corrected chi connectivity index (χ0v) is 15.1. The standard InChI is InChI=1S/C17H18FN3O4S/c1-10-3-4-12(13(18)7-10)9-26(23,24)21-17(22)14-8-15(25-2)16(20-19-14)11-5-6-11/h3-4,7-8,11H,5-6,9H2,1-2H3,(H,21,22). The maximum Gasteiger partial charge on any atom is 0.285 e. The summed E-state index contributed by atoms with van der Waals surface area (Å²) in [7, 11) is -2.65. The number of rotatable bonds is 6. The summed E-state index contributed by atoms with van der Waals surface area (Å²) in [6.07, 6.45) is 1.96. The molecule has 1 heterocycles. The molecule has 0 radical (unpaired) electrons. The number of hydrogen-bond donors (Lipinski definition) is 1. The molecular formula is C17H18FN3O4S. The summed E-state index contributed by atoms with van der Waals surface area (Å²) in [6.45, 7) is 1.69. The SMILES string of the molecule is COc1cc(C(=O)NS(=O)(=O)Cc2ccc(C)cc2F)nnc1C1CC1. The number of nitrogens with one attached hydrogen (secondary N) is 1. The summed E-state index contributed by atoms with van der Waals surface area (Å²) in [5, 5.41) is 7.77. The van der Waals surface area contributed by atoms with Crippen LogP contribution in [0.1, 0.15) is 46.1 Å². The monoisotopic (exact) mass is 379 g/mol. The van der Waals surface area contributed by atoms with E-state index in [1.807, 2.05) is 4.72 Å². The highest BCUT2D eigenvalue weighted by Gasteiger charge is 2.30. The van der Waals surface area contributed by atoms with Gasteiger partial charge in [0.05, 0.1) is 12.9 Å². The van der Waals surface area contributed by atoms with Crippen molar-refractivity contribution in [3.05, 3.63) is 52.6 Å². The van der Waals surface area contributed by atoms with Gasteiger partial charge in [-0.05, 0) is 31.4 Å². The summed E-state index contributed by atoms with van der Waals surface area (Å²) in [5.41, 5.74) is 1.13. The van der Waals surface area contributed by atoms with Gasteiger partial charge < -0.3 is 4.74 Å². The van der Waals surface area contributed by atoms with E-state index in [1.165, 1.54) is 25.3 Å². The minimum Gasteiger partial charge on any atom is -0.495 e. The maximum atomic E-state index is 13.8. The van der Waals surface area contributed by atoms with E-state index < -0.39 is 27.5 Å². The Hall–Kier alpha value is -2.55. The normalized spacial score (nSPS) is 14.1. The van der Waals surface area contributed by atoms with Gasteiger partial charge in [-0.1, -0.05) is 12.1 Å². The highest BCUT2D eigenvalue weighted by molar-refractivity contribution is 7.89. The van der Waals surface area contributed by atoms with Gasteiger partial charge in [-0.25, -0.2) is 17.5 Å². The summed E-state index contributed by atoms with van der Waals surface area (Å²) in [4.78, 5) is 12.2. The fraction of sp³-hybridized carbons (Fsp3) is 0.353. The number of nitrogens with zero attached hydrogens (tertiary/aromatic N) is 2. The Bertz CT molecular complexity index is 958. The van der Waals surface area contributed by atoms with E-state index in [2.05, 4.69) is 10.2 Å². The summed E-state index contributed by atoms with van der Waals surface area (Å²) in [5.74, 6) is -1.57. The zero-order valence-electron chi connectivity index (χ0n) is 14.3. The van der Waals surface area contributed by atoms with Crippen molar-refractivity contribution in [2.24, 2.45) is 0 Å². The van der Waals surface area contributed by atoms with Crippen molar-refractivity contribution in [1.82, 2.24) is 14.9 Å². The highest BCUT2D eigenvalue weighted by atomic mass is 32.2. The molecule has 1 aliphatic carbocycles. The maximum absolute atomic E-state index is 13.8. The Morgan fingerprint density at radius 2 is 2.04 bits per heavy atom. The third kappa shape index (κ3) is 4.16. The third-order valence-electron chi connectivity index (χ3n) is 4.00. The number of methoxy groups -OCH3 is 1. The average Bonchev–Trinajstić information content (AvgIpc) is 3.41. The van der Waals surface area contributed by atoms with Crippen LogP contribution in [0.5, 0.6) is 5.75 Å².